The number of nitrogens with one attached hydrogen (secondary N) is 1. The van der Waals surface area contributed by atoms with E-state index < -0.39 is 11.6 Å². The molecule has 0 radical (unpaired) electrons. The van der Waals surface area contributed by atoms with Gasteiger partial charge in [0.05, 0.1) is 10.2 Å². The van der Waals surface area contributed by atoms with E-state index in [2.05, 4.69) is 10.3 Å². The molecule has 0 aliphatic heterocycles. The van der Waals surface area contributed by atoms with Gasteiger partial charge in [-0.3, -0.25) is 0 Å². The summed E-state index contributed by atoms with van der Waals surface area (Å²) >= 11 is 1.52. The molecule has 0 saturated carbocycles. The van der Waals surface area contributed by atoms with Crippen LogP contribution in [0.15, 0.2) is 36.4 Å². The number of thiazole rings is 1. The van der Waals surface area contributed by atoms with E-state index in [1.54, 1.807) is 0 Å². The zero-order chi connectivity index (χ0) is 14.1. The van der Waals surface area contributed by atoms with Crippen LogP contribution in [0.25, 0.3) is 10.2 Å². The van der Waals surface area contributed by atoms with Crippen LogP contribution in [0.2, 0.25) is 0 Å². The van der Waals surface area contributed by atoms with E-state index in [0.717, 1.165) is 27.0 Å². The van der Waals surface area contributed by atoms with Crippen molar-refractivity contribution in [3.05, 3.63) is 59.2 Å². The van der Waals surface area contributed by atoms with E-state index in [1.165, 1.54) is 23.5 Å². The number of para-hydroxylation sites is 1. The maximum atomic E-state index is 13.5. The largest absolute Gasteiger partial charge is 0.357 e. The van der Waals surface area contributed by atoms with Crippen LogP contribution in [-0.2, 0) is 6.54 Å². The molecule has 2 nitrogen and oxygen atoms in total. The molecule has 0 fully saturated rings. The first-order valence-electron chi connectivity index (χ1n) is 6.17. The molecule has 1 aromatic heterocycles. The number of hydrogen-bond acceptors (Lipinski definition) is 3. The summed E-state index contributed by atoms with van der Waals surface area (Å²) in [7, 11) is 0. The van der Waals surface area contributed by atoms with Crippen LogP contribution >= 0.6 is 11.3 Å². The first-order chi connectivity index (χ1) is 9.63. The number of nitrogens with zero attached hydrogens (tertiary/aromatic N) is 1. The van der Waals surface area contributed by atoms with Gasteiger partial charge in [-0.05, 0) is 24.6 Å². The maximum Gasteiger partial charge on any atom is 0.184 e. The summed E-state index contributed by atoms with van der Waals surface area (Å²) in [6, 6.07) is 9.58. The second-order valence-corrected chi connectivity index (χ2v) is 5.56. The molecule has 2 aromatic carbocycles. The Bertz CT molecular complexity index is 768. The third-order valence-corrected chi connectivity index (χ3v) is 4.04. The van der Waals surface area contributed by atoms with Gasteiger partial charge in [-0.25, -0.2) is 13.8 Å². The normalized spacial score (nSPS) is 10.9. The number of benzene rings is 2. The van der Waals surface area contributed by atoms with Crippen LogP contribution in [0, 0.1) is 18.6 Å². The van der Waals surface area contributed by atoms with Crippen molar-refractivity contribution >= 4 is 26.7 Å². The first kappa shape index (κ1) is 13.0. The van der Waals surface area contributed by atoms with E-state index in [4.69, 9.17) is 0 Å². The highest BCUT2D eigenvalue weighted by Gasteiger charge is 2.07. The lowest BCUT2D eigenvalue weighted by Crippen LogP contribution is -2.01. The topological polar surface area (TPSA) is 24.9 Å². The van der Waals surface area contributed by atoms with Gasteiger partial charge in [0.15, 0.2) is 5.13 Å². The Kier molecular flexibility index (Phi) is 3.36. The summed E-state index contributed by atoms with van der Waals surface area (Å²) in [5, 5.41) is 3.82. The van der Waals surface area contributed by atoms with Gasteiger partial charge in [0.25, 0.3) is 0 Å². The molecule has 0 amide bonds. The number of aryl methyl sites for hydroxylation is 1. The zero-order valence-corrected chi connectivity index (χ0v) is 11.6. The SMILES string of the molecule is Cc1cccc2sc(NCc3ccc(F)cc3F)nc12. The summed E-state index contributed by atoms with van der Waals surface area (Å²) in [5.74, 6) is -1.11. The minimum atomic E-state index is -0.568. The Morgan fingerprint density at radius 2 is 2.05 bits per heavy atom. The summed E-state index contributed by atoms with van der Waals surface area (Å²) in [5.41, 5.74) is 2.49. The van der Waals surface area contributed by atoms with E-state index in [9.17, 15) is 8.78 Å². The van der Waals surface area contributed by atoms with Crippen molar-refractivity contribution < 1.29 is 8.78 Å². The predicted molar refractivity (Wildman–Crippen MR) is 78.0 cm³/mol. The molecule has 0 aliphatic rings. The highest BCUT2D eigenvalue weighted by Crippen LogP contribution is 2.28. The third kappa shape index (κ3) is 2.49. The smallest absolute Gasteiger partial charge is 0.184 e. The van der Waals surface area contributed by atoms with E-state index in [-0.39, 0.29) is 6.54 Å². The highest BCUT2D eigenvalue weighted by atomic mass is 32.1. The molecule has 1 heterocycles. The number of anilines is 1. The van der Waals surface area contributed by atoms with Gasteiger partial charge in [0, 0.05) is 18.2 Å². The van der Waals surface area contributed by atoms with Crippen LogP contribution in [0.1, 0.15) is 11.1 Å². The summed E-state index contributed by atoms with van der Waals surface area (Å²) in [4.78, 5) is 4.49. The molecule has 20 heavy (non-hydrogen) atoms. The lowest BCUT2D eigenvalue weighted by molar-refractivity contribution is 0.574. The number of halogens is 2. The number of fused-ring (bicyclic) bond motifs is 1. The summed E-state index contributed by atoms with van der Waals surface area (Å²) in [6.45, 7) is 2.29. The minimum Gasteiger partial charge on any atom is -0.357 e. The van der Waals surface area contributed by atoms with Crippen molar-refractivity contribution in [1.82, 2.24) is 4.98 Å². The Labute approximate surface area is 119 Å². The Hall–Kier alpha value is -2.01. The summed E-state index contributed by atoms with van der Waals surface area (Å²) in [6.07, 6.45) is 0. The molecule has 0 spiro atoms. The minimum absolute atomic E-state index is 0.283. The van der Waals surface area contributed by atoms with Gasteiger partial charge >= 0.3 is 0 Å². The van der Waals surface area contributed by atoms with Crippen LogP contribution in [0.5, 0.6) is 0 Å². The molecular formula is C15H12F2N2S. The van der Waals surface area contributed by atoms with Gasteiger partial charge < -0.3 is 5.32 Å². The van der Waals surface area contributed by atoms with Gasteiger partial charge in [-0.15, -0.1) is 0 Å². The van der Waals surface area contributed by atoms with E-state index >= 15 is 0 Å². The Balaban J connectivity index is 1.81. The average Bonchev–Trinajstić information content (AvgIpc) is 2.82. The molecule has 0 atom stereocenters. The molecular weight excluding hydrogens is 278 g/mol. The van der Waals surface area contributed by atoms with Crippen molar-refractivity contribution in [2.75, 3.05) is 5.32 Å². The van der Waals surface area contributed by atoms with Crippen molar-refractivity contribution in [1.29, 1.82) is 0 Å². The quantitative estimate of drug-likeness (QED) is 0.768. The number of aromatic nitrogens is 1. The molecule has 1 N–H and O–H groups in total. The zero-order valence-electron chi connectivity index (χ0n) is 10.8. The first-order valence-corrected chi connectivity index (χ1v) is 6.99. The molecule has 0 unspecified atom stereocenters. The monoisotopic (exact) mass is 290 g/mol. The fourth-order valence-electron chi connectivity index (χ4n) is 2.00. The van der Waals surface area contributed by atoms with Gasteiger partial charge in [-0.2, -0.15) is 0 Å². The van der Waals surface area contributed by atoms with Crippen molar-refractivity contribution in [2.45, 2.75) is 13.5 Å². The lowest BCUT2D eigenvalue weighted by atomic mass is 10.2. The fraction of sp³-hybridized carbons (Fsp3) is 0.133. The van der Waals surface area contributed by atoms with Crippen molar-refractivity contribution in [2.24, 2.45) is 0 Å². The lowest BCUT2D eigenvalue weighted by Gasteiger charge is -2.04. The second kappa shape index (κ2) is 5.17. The van der Waals surface area contributed by atoms with Crippen LogP contribution in [0.4, 0.5) is 13.9 Å². The Morgan fingerprint density at radius 1 is 1.20 bits per heavy atom. The molecule has 0 bridgehead atoms. The Morgan fingerprint density at radius 3 is 2.80 bits per heavy atom. The standard InChI is InChI=1S/C15H12F2N2S/c1-9-3-2-4-13-14(9)19-15(20-13)18-8-10-5-6-11(16)7-12(10)17/h2-7H,8H2,1H3,(H,18,19). The molecule has 0 aliphatic carbocycles. The highest BCUT2D eigenvalue weighted by molar-refractivity contribution is 7.22. The van der Waals surface area contributed by atoms with Gasteiger partial charge in [-0.1, -0.05) is 29.5 Å². The van der Waals surface area contributed by atoms with Crippen LogP contribution < -0.4 is 5.32 Å². The summed E-state index contributed by atoms with van der Waals surface area (Å²) < 4.78 is 27.4. The maximum absolute atomic E-state index is 13.5. The van der Waals surface area contributed by atoms with E-state index in [0.29, 0.717) is 5.56 Å². The number of rotatable bonds is 3. The average molecular weight is 290 g/mol. The van der Waals surface area contributed by atoms with E-state index in [1.807, 2.05) is 25.1 Å². The van der Waals surface area contributed by atoms with Crippen molar-refractivity contribution in [3.8, 4) is 0 Å². The van der Waals surface area contributed by atoms with Crippen molar-refractivity contribution in [3.63, 3.8) is 0 Å². The molecule has 102 valence electrons. The van der Waals surface area contributed by atoms with Gasteiger partial charge in [0.2, 0.25) is 0 Å². The van der Waals surface area contributed by atoms with Crippen LogP contribution in [-0.4, -0.2) is 4.98 Å². The predicted octanol–water partition coefficient (Wildman–Crippen LogP) is 4.50. The van der Waals surface area contributed by atoms with Crippen LogP contribution in [0.3, 0.4) is 0 Å². The van der Waals surface area contributed by atoms with Gasteiger partial charge in [0.1, 0.15) is 11.6 Å². The molecule has 3 aromatic rings. The third-order valence-electron chi connectivity index (χ3n) is 3.07. The molecule has 0 saturated heterocycles. The second-order valence-electron chi connectivity index (χ2n) is 4.53. The number of hydrogen-bond donors (Lipinski definition) is 1. The fourth-order valence-corrected chi connectivity index (χ4v) is 2.94. The molecule has 3 rings (SSSR count). The molecule has 5 heteroatoms.